The fourth-order valence-corrected chi connectivity index (χ4v) is 0.484. The summed E-state index contributed by atoms with van der Waals surface area (Å²) in [4.78, 5) is 3.21. The largest absolute Gasteiger partial charge is 2.00 e. The minimum Gasteiger partial charge on any atom is -1.00 e. The van der Waals surface area contributed by atoms with Gasteiger partial charge in [0.15, 0.2) is 0 Å². The molecule has 0 amide bonds. The van der Waals surface area contributed by atoms with Crippen molar-refractivity contribution in [2.45, 2.75) is 6.18 Å². The van der Waals surface area contributed by atoms with Gasteiger partial charge < -0.3 is 22.0 Å². The first-order valence-electron chi connectivity index (χ1n) is 2.50. The van der Waals surface area contributed by atoms with Crippen LogP contribution in [0.5, 0.6) is 0 Å². The molecule has 0 radical (unpaired) electrons. The SMILES string of the molecule is FC(F)(F)c1[c-]nccc1.[Br-].[Mg+2]. The fourth-order valence-electron chi connectivity index (χ4n) is 0.484. The van der Waals surface area contributed by atoms with Crippen molar-refractivity contribution in [3.63, 3.8) is 0 Å². The van der Waals surface area contributed by atoms with Crippen molar-refractivity contribution >= 4 is 23.1 Å². The monoisotopic (exact) mass is 249 g/mol. The van der Waals surface area contributed by atoms with Gasteiger partial charge in [-0.1, -0.05) is 12.4 Å². The zero-order chi connectivity index (χ0) is 7.61. The van der Waals surface area contributed by atoms with Gasteiger partial charge in [-0.2, -0.15) is 25.3 Å². The number of hydrogen-bond acceptors (Lipinski definition) is 1. The van der Waals surface area contributed by atoms with E-state index in [4.69, 9.17) is 0 Å². The molecule has 0 fully saturated rings. The van der Waals surface area contributed by atoms with Crippen LogP contribution in [0.2, 0.25) is 0 Å². The molecule has 0 saturated carbocycles. The van der Waals surface area contributed by atoms with Gasteiger partial charge in [-0.3, -0.25) is 0 Å². The van der Waals surface area contributed by atoms with Crippen LogP contribution >= 0.6 is 0 Å². The molecule has 1 rings (SSSR count). The van der Waals surface area contributed by atoms with Gasteiger partial charge in [0.1, 0.15) is 0 Å². The molecule has 0 aliphatic carbocycles. The van der Waals surface area contributed by atoms with Gasteiger partial charge in [-0.05, 0) is 5.56 Å². The topological polar surface area (TPSA) is 12.9 Å². The van der Waals surface area contributed by atoms with E-state index < -0.39 is 11.7 Å². The van der Waals surface area contributed by atoms with Gasteiger partial charge in [0.2, 0.25) is 0 Å². The molecule has 0 N–H and O–H groups in total. The van der Waals surface area contributed by atoms with Crippen LogP contribution in [0.25, 0.3) is 0 Å². The molecule has 0 aromatic carbocycles. The van der Waals surface area contributed by atoms with E-state index in [1.807, 2.05) is 6.20 Å². The van der Waals surface area contributed by atoms with Crippen molar-refractivity contribution in [2.24, 2.45) is 0 Å². The number of alkyl halides is 3. The summed E-state index contributed by atoms with van der Waals surface area (Å²) >= 11 is 0. The summed E-state index contributed by atoms with van der Waals surface area (Å²) in [5, 5.41) is 0. The fraction of sp³-hybridized carbons (Fsp3) is 0.167. The molecule has 0 unspecified atom stereocenters. The Hall–Kier alpha value is 0.186. The first-order chi connectivity index (χ1) is 4.61. The standard InChI is InChI=1S/C6H3F3N.BrH.Mg/c7-6(8,9)5-2-1-3-10-4-5;;/h1-3H;1H;/q-1;;+2/p-1. The molecule has 12 heavy (non-hydrogen) atoms. The third kappa shape index (κ3) is 4.27. The normalized spacial score (nSPS) is 9.58. The summed E-state index contributed by atoms with van der Waals surface area (Å²) < 4.78 is 35.1. The minimum absolute atomic E-state index is 0. The van der Waals surface area contributed by atoms with Crippen LogP contribution in [-0.2, 0) is 6.18 Å². The van der Waals surface area contributed by atoms with Crippen LogP contribution in [0.3, 0.4) is 0 Å². The maximum absolute atomic E-state index is 11.7. The smallest absolute Gasteiger partial charge is 1.00 e. The van der Waals surface area contributed by atoms with Crippen LogP contribution in [0, 0.1) is 6.20 Å². The molecule has 1 aromatic rings. The van der Waals surface area contributed by atoms with E-state index in [2.05, 4.69) is 4.98 Å². The Balaban J connectivity index is 0. The van der Waals surface area contributed by atoms with Crippen molar-refractivity contribution in [2.75, 3.05) is 0 Å². The minimum atomic E-state index is -4.33. The van der Waals surface area contributed by atoms with Gasteiger partial charge in [0.05, 0.1) is 0 Å². The van der Waals surface area contributed by atoms with Crippen LogP contribution in [0.4, 0.5) is 13.2 Å². The summed E-state index contributed by atoms with van der Waals surface area (Å²) in [6, 6.07) is 2.15. The molecule has 1 heterocycles. The van der Waals surface area contributed by atoms with E-state index in [9.17, 15) is 13.2 Å². The number of rotatable bonds is 0. The Morgan fingerprint density at radius 2 is 1.92 bits per heavy atom. The molecule has 1 aromatic heterocycles. The van der Waals surface area contributed by atoms with E-state index in [0.717, 1.165) is 6.07 Å². The predicted octanol–water partition coefficient (Wildman–Crippen LogP) is -1.48. The molecule has 62 valence electrons. The Kier molecular flexibility index (Phi) is 7.06. The van der Waals surface area contributed by atoms with Crippen molar-refractivity contribution in [3.8, 4) is 0 Å². The Morgan fingerprint density at radius 1 is 1.33 bits per heavy atom. The van der Waals surface area contributed by atoms with Gasteiger partial charge in [0.25, 0.3) is 0 Å². The third-order valence-electron chi connectivity index (χ3n) is 0.914. The summed E-state index contributed by atoms with van der Waals surface area (Å²) in [5.74, 6) is 0. The number of aromatic nitrogens is 1. The maximum atomic E-state index is 11.7. The summed E-state index contributed by atoms with van der Waals surface area (Å²) in [6.07, 6.45) is -1.25. The summed E-state index contributed by atoms with van der Waals surface area (Å²) in [7, 11) is 0. The van der Waals surface area contributed by atoms with E-state index in [-0.39, 0.29) is 40.0 Å². The van der Waals surface area contributed by atoms with Gasteiger partial charge in [-0.25, -0.2) is 0 Å². The predicted molar refractivity (Wildman–Crippen MR) is 33.8 cm³/mol. The molecule has 0 bridgehead atoms. The van der Waals surface area contributed by atoms with Gasteiger partial charge in [-0.15, -0.1) is 0 Å². The second-order valence-corrected chi connectivity index (χ2v) is 1.66. The summed E-state index contributed by atoms with van der Waals surface area (Å²) in [5.41, 5.74) is -0.838. The molecule has 0 saturated heterocycles. The molecule has 0 atom stereocenters. The zero-order valence-electron chi connectivity index (χ0n) is 5.90. The van der Waals surface area contributed by atoms with E-state index in [1.165, 1.54) is 12.3 Å². The Labute approximate surface area is 94.3 Å². The molecule has 0 spiro atoms. The zero-order valence-corrected chi connectivity index (χ0v) is 8.90. The maximum Gasteiger partial charge on any atom is 2.00 e. The average molecular weight is 250 g/mol. The Bertz CT molecular complexity index is 214. The van der Waals surface area contributed by atoms with Crippen LogP contribution < -0.4 is 17.0 Å². The second-order valence-electron chi connectivity index (χ2n) is 1.66. The van der Waals surface area contributed by atoms with E-state index >= 15 is 0 Å². The average Bonchev–Trinajstić information content (AvgIpc) is 1.88. The van der Waals surface area contributed by atoms with Crippen LogP contribution in [0.1, 0.15) is 5.56 Å². The second kappa shape index (κ2) is 5.77. The molecular weight excluding hydrogens is 247 g/mol. The third-order valence-corrected chi connectivity index (χ3v) is 0.914. The number of halogens is 4. The molecular formula is C6H3BrF3MgN. The molecule has 0 aliphatic heterocycles. The van der Waals surface area contributed by atoms with Crippen molar-refractivity contribution in [1.82, 2.24) is 4.98 Å². The van der Waals surface area contributed by atoms with Crippen molar-refractivity contribution < 1.29 is 30.2 Å². The first-order valence-corrected chi connectivity index (χ1v) is 2.50. The Morgan fingerprint density at radius 3 is 2.17 bits per heavy atom. The number of pyridine rings is 1. The van der Waals surface area contributed by atoms with E-state index in [1.54, 1.807) is 0 Å². The quantitative estimate of drug-likeness (QED) is 0.404. The molecule has 1 nitrogen and oxygen atoms in total. The van der Waals surface area contributed by atoms with Crippen LogP contribution in [0.15, 0.2) is 18.3 Å². The molecule has 6 heteroatoms. The molecule has 0 aliphatic rings. The van der Waals surface area contributed by atoms with Gasteiger partial charge in [0, 0.05) is 0 Å². The van der Waals surface area contributed by atoms with Crippen LogP contribution in [-0.4, -0.2) is 28.0 Å². The van der Waals surface area contributed by atoms with E-state index in [0.29, 0.717) is 0 Å². The number of nitrogens with zero attached hydrogens (tertiary/aromatic N) is 1. The summed E-state index contributed by atoms with van der Waals surface area (Å²) in [6.45, 7) is 0. The van der Waals surface area contributed by atoms with Crippen molar-refractivity contribution in [3.05, 3.63) is 30.1 Å². The first kappa shape index (κ1) is 14.7. The van der Waals surface area contributed by atoms with Crippen molar-refractivity contribution in [1.29, 1.82) is 0 Å². The number of hydrogen-bond donors (Lipinski definition) is 0. The van der Waals surface area contributed by atoms with Gasteiger partial charge >= 0.3 is 29.2 Å².